The van der Waals surface area contributed by atoms with Crippen LogP contribution in [-0.2, 0) is 9.59 Å². The number of urea groups is 1. The molecule has 0 aromatic carbocycles. The van der Waals surface area contributed by atoms with Gasteiger partial charge in [0.05, 0.1) is 6.42 Å². The summed E-state index contributed by atoms with van der Waals surface area (Å²) in [7, 11) is 0. The van der Waals surface area contributed by atoms with Crippen molar-refractivity contribution in [3.8, 4) is 0 Å². The molecule has 2 amide bonds. The highest BCUT2D eigenvalue weighted by atomic mass is 16.5. The molecule has 15 heavy (non-hydrogen) atoms. The predicted octanol–water partition coefficient (Wildman–Crippen LogP) is -0.665. The van der Waals surface area contributed by atoms with Crippen molar-refractivity contribution < 1.29 is 29.8 Å². The molecule has 0 aliphatic rings. The summed E-state index contributed by atoms with van der Waals surface area (Å²) in [6, 6.07) is -2.55. The van der Waals surface area contributed by atoms with Crippen molar-refractivity contribution in [1.82, 2.24) is 10.4 Å². The van der Waals surface area contributed by atoms with Crippen molar-refractivity contribution in [2.75, 3.05) is 6.54 Å². The van der Waals surface area contributed by atoms with E-state index in [2.05, 4.69) is 0 Å². The molecule has 0 aliphatic heterocycles. The lowest BCUT2D eigenvalue weighted by Gasteiger charge is -2.25. The second-order valence-electron chi connectivity index (χ2n) is 2.65. The van der Waals surface area contributed by atoms with E-state index < -0.39 is 30.4 Å². The third-order valence-corrected chi connectivity index (χ3v) is 1.73. The van der Waals surface area contributed by atoms with Crippen LogP contribution in [0.2, 0.25) is 0 Å². The van der Waals surface area contributed by atoms with E-state index in [0.717, 1.165) is 0 Å². The highest BCUT2D eigenvalue weighted by molar-refractivity contribution is 5.85. The molecule has 0 aromatic rings. The molecule has 0 radical (unpaired) electrons. The van der Waals surface area contributed by atoms with E-state index in [0.29, 0.717) is 4.90 Å². The van der Waals surface area contributed by atoms with Gasteiger partial charge in [-0.1, -0.05) is 0 Å². The molecule has 0 aliphatic carbocycles. The minimum absolute atomic E-state index is 0.0311. The maximum atomic E-state index is 11.0. The molecule has 8 heteroatoms. The Balaban J connectivity index is 4.77. The molecular formula is C7H12N2O6. The quantitative estimate of drug-likeness (QED) is 0.359. The number of likely N-dealkylation sites (N-methyl/N-ethyl adjacent to an activating group) is 1. The molecule has 0 saturated heterocycles. The van der Waals surface area contributed by atoms with Gasteiger partial charge < -0.3 is 15.1 Å². The van der Waals surface area contributed by atoms with Crippen molar-refractivity contribution in [3.05, 3.63) is 0 Å². The minimum atomic E-state index is -1.50. The Morgan fingerprint density at radius 2 is 1.87 bits per heavy atom. The average molecular weight is 220 g/mol. The smallest absolute Gasteiger partial charge is 0.341 e. The van der Waals surface area contributed by atoms with Gasteiger partial charge in [0.15, 0.2) is 0 Å². The van der Waals surface area contributed by atoms with Gasteiger partial charge in [-0.3, -0.25) is 10.0 Å². The van der Waals surface area contributed by atoms with Crippen LogP contribution in [0.5, 0.6) is 0 Å². The first-order valence-corrected chi connectivity index (χ1v) is 4.09. The normalized spacial score (nSPS) is 11.6. The fourth-order valence-corrected chi connectivity index (χ4v) is 1.07. The van der Waals surface area contributed by atoms with Gasteiger partial charge in [0.1, 0.15) is 6.04 Å². The fraction of sp³-hybridized carbons (Fsp3) is 0.571. The number of carbonyl (C=O) groups is 3. The molecule has 1 atom stereocenters. The van der Waals surface area contributed by atoms with Crippen molar-refractivity contribution in [3.63, 3.8) is 0 Å². The molecule has 0 aromatic heterocycles. The fourth-order valence-electron chi connectivity index (χ4n) is 1.07. The summed E-state index contributed by atoms with van der Waals surface area (Å²) in [5.41, 5.74) is 1.26. The largest absolute Gasteiger partial charge is 0.481 e. The number of carboxylic acid groups (broad SMARTS) is 2. The predicted molar refractivity (Wildman–Crippen MR) is 46.4 cm³/mol. The number of hydrogen-bond acceptors (Lipinski definition) is 4. The van der Waals surface area contributed by atoms with Crippen LogP contribution < -0.4 is 5.48 Å². The monoisotopic (exact) mass is 220 g/mol. The highest BCUT2D eigenvalue weighted by Crippen LogP contribution is 2.05. The SMILES string of the molecule is CCN(C(=O)NO)C(CC(=O)O)C(=O)O. The van der Waals surface area contributed by atoms with Crippen LogP contribution in [0.1, 0.15) is 13.3 Å². The van der Waals surface area contributed by atoms with Crippen LogP contribution >= 0.6 is 0 Å². The minimum Gasteiger partial charge on any atom is -0.481 e. The van der Waals surface area contributed by atoms with E-state index >= 15 is 0 Å². The standard InChI is InChI=1S/C7H12N2O6/c1-2-9(7(14)8-15)4(6(12)13)3-5(10)11/h4,15H,2-3H2,1H3,(H,8,14)(H,10,11)(H,12,13). The summed E-state index contributed by atoms with van der Waals surface area (Å²) < 4.78 is 0. The molecule has 1 unspecified atom stereocenters. The number of hydrogen-bond donors (Lipinski definition) is 4. The van der Waals surface area contributed by atoms with E-state index in [-0.39, 0.29) is 6.54 Å². The van der Waals surface area contributed by atoms with Crippen LogP contribution in [0, 0.1) is 0 Å². The number of hydroxylamine groups is 1. The van der Waals surface area contributed by atoms with E-state index in [1.807, 2.05) is 0 Å². The lowest BCUT2D eigenvalue weighted by Crippen LogP contribution is -2.49. The summed E-state index contributed by atoms with van der Waals surface area (Å²) in [5, 5.41) is 25.5. The van der Waals surface area contributed by atoms with Crippen LogP contribution in [0.25, 0.3) is 0 Å². The summed E-state index contributed by atoms with van der Waals surface area (Å²) in [4.78, 5) is 32.7. The zero-order valence-corrected chi connectivity index (χ0v) is 8.01. The molecule has 0 saturated carbocycles. The average Bonchev–Trinajstić information content (AvgIpc) is 2.16. The summed E-state index contributed by atoms with van der Waals surface area (Å²) >= 11 is 0. The van der Waals surface area contributed by atoms with Crippen molar-refractivity contribution in [1.29, 1.82) is 0 Å². The molecule has 0 bridgehead atoms. The maximum absolute atomic E-state index is 11.0. The maximum Gasteiger partial charge on any atom is 0.341 e. The Morgan fingerprint density at radius 1 is 1.33 bits per heavy atom. The summed E-state index contributed by atoms with van der Waals surface area (Å²) in [6.45, 7) is 1.43. The summed E-state index contributed by atoms with van der Waals surface area (Å²) in [6.07, 6.45) is -0.726. The zero-order valence-electron chi connectivity index (χ0n) is 8.01. The number of nitrogens with zero attached hydrogens (tertiary/aromatic N) is 1. The van der Waals surface area contributed by atoms with Crippen molar-refractivity contribution in [2.45, 2.75) is 19.4 Å². The van der Waals surface area contributed by atoms with Crippen LogP contribution in [-0.4, -0.2) is 50.9 Å². The molecule has 0 fully saturated rings. The van der Waals surface area contributed by atoms with Crippen LogP contribution in [0.4, 0.5) is 4.79 Å². The van der Waals surface area contributed by atoms with E-state index in [9.17, 15) is 14.4 Å². The first-order valence-electron chi connectivity index (χ1n) is 4.09. The first-order chi connectivity index (χ1) is 6.93. The Kier molecular flexibility index (Phi) is 5.10. The molecule has 4 N–H and O–H groups in total. The third kappa shape index (κ3) is 3.81. The molecule has 0 rings (SSSR count). The van der Waals surface area contributed by atoms with Gasteiger partial charge in [0, 0.05) is 6.54 Å². The highest BCUT2D eigenvalue weighted by Gasteiger charge is 2.30. The Labute approximate surface area is 85.1 Å². The van der Waals surface area contributed by atoms with Gasteiger partial charge in [-0.2, -0.15) is 0 Å². The number of aliphatic carboxylic acids is 2. The Hall–Kier alpha value is -1.83. The van der Waals surface area contributed by atoms with Gasteiger partial charge in [0.2, 0.25) is 0 Å². The summed E-state index contributed by atoms with van der Waals surface area (Å²) in [5.74, 6) is -2.78. The topological polar surface area (TPSA) is 127 Å². The number of carbonyl (C=O) groups excluding carboxylic acids is 1. The number of amides is 2. The van der Waals surface area contributed by atoms with Gasteiger partial charge >= 0.3 is 18.0 Å². The molecule has 0 heterocycles. The van der Waals surface area contributed by atoms with Gasteiger partial charge in [-0.05, 0) is 6.92 Å². The van der Waals surface area contributed by atoms with E-state index in [4.69, 9.17) is 15.4 Å². The Bertz CT molecular complexity index is 266. The number of nitrogens with one attached hydrogen (secondary N) is 1. The lowest BCUT2D eigenvalue weighted by molar-refractivity contribution is -0.148. The lowest BCUT2D eigenvalue weighted by atomic mass is 10.2. The van der Waals surface area contributed by atoms with E-state index in [1.165, 1.54) is 12.4 Å². The van der Waals surface area contributed by atoms with Gasteiger partial charge in [-0.15, -0.1) is 0 Å². The van der Waals surface area contributed by atoms with Crippen LogP contribution in [0.3, 0.4) is 0 Å². The second kappa shape index (κ2) is 5.81. The molecule has 86 valence electrons. The molecular weight excluding hydrogens is 208 g/mol. The number of carboxylic acids is 2. The second-order valence-corrected chi connectivity index (χ2v) is 2.65. The van der Waals surface area contributed by atoms with E-state index in [1.54, 1.807) is 0 Å². The van der Waals surface area contributed by atoms with Gasteiger partial charge in [-0.25, -0.2) is 15.1 Å². The first kappa shape index (κ1) is 13.2. The number of rotatable bonds is 5. The molecule has 0 spiro atoms. The third-order valence-electron chi connectivity index (χ3n) is 1.73. The molecule has 8 nitrogen and oxygen atoms in total. The Morgan fingerprint density at radius 3 is 2.13 bits per heavy atom. The van der Waals surface area contributed by atoms with Crippen molar-refractivity contribution >= 4 is 18.0 Å². The van der Waals surface area contributed by atoms with Gasteiger partial charge in [0.25, 0.3) is 0 Å². The van der Waals surface area contributed by atoms with Crippen molar-refractivity contribution in [2.24, 2.45) is 0 Å². The van der Waals surface area contributed by atoms with Crippen LogP contribution in [0.15, 0.2) is 0 Å². The zero-order chi connectivity index (χ0) is 12.0.